The number of hydrogen-bond donors (Lipinski definition) is 0. The van der Waals surface area contributed by atoms with Gasteiger partial charge in [-0.05, 0) is 54.5 Å². The maximum absolute atomic E-state index is 15.1. The Labute approximate surface area is 223 Å². The monoisotopic (exact) mass is 516 g/mol. The molecule has 6 nitrogen and oxygen atoms in total. The zero-order valence-corrected chi connectivity index (χ0v) is 22.0. The van der Waals surface area contributed by atoms with Crippen LogP contribution in [-0.4, -0.2) is 56.0 Å². The van der Waals surface area contributed by atoms with Crippen molar-refractivity contribution in [3.8, 4) is 11.5 Å². The Balaban J connectivity index is 1.50. The van der Waals surface area contributed by atoms with Crippen LogP contribution in [0, 0.1) is 11.7 Å². The standard InChI is InChI=1S/C31H33FN2O4/c1-33-29(22-11-7-8-12-25(22)32)28(23-18-26(37-2)27(38-3)19-24(23)30(33)35)31(36)34-15-13-21(14-16-34)17-20-9-5-4-6-10-20/h4-12,18-19,21,28-29H,13-17H2,1-3H3/t28-,29-/m1/s1. The molecule has 7 heteroatoms. The molecule has 2 aliphatic heterocycles. The molecule has 0 N–H and O–H groups in total. The molecule has 2 atom stereocenters. The Morgan fingerprint density at radius 3 is 2.21 bits per heavy atom. The van der Waals surface area contributed by atoms with Gasteiger partial charge in [0.1, 0.15) is 5.82 Å². The highest BCUT2D eigenvalue weighted by atomic mass is 19.1. The molecule has 0 unspecified atom stereocenters. The summed E-state index contributed by atoms with van der Waals surface area (Å²) in [5.41, 5.74) is 2.53. The van der Waals surface area contributed by atoms with E-state index in [1.807, 2.05) is 11.0 Å². The molecule has 0 bridgehead atoms. The van der Waals surface area contributed by atoms with Crippen molar-refractivity contribution in [1.29, 1.82) is 0 Å². The van der Waals surface area contributed by atoms with Gasteiger partial charge in [-0.1, -0.05) is 48.5 Å². The summed E-state index contributed by atoms with van der Waals surface area (Å²) in [5.74, 6) is -0.295. The molecule has 1 saturated heterocycles. The highest BCUT2D eigenvalue weighted by molar-refractivity contribution is 6.02. The third-order valence-electron chi connectivity index (χ3n) is 7.96. The minimum atomic E-state index is -0.788. The summed E-state index contributed by atoms with van der Waals surface area (Å²) in [7, 11) is 4.65. The lowest BCUT2D eigenvalue weighted by Crippen LogP contribution is -2.49. The fourth-order valence-corrected chi connectivity index (χ4v) is 5.92. The number of carbonyl (C=O) groups is 2. The van der Waals surface area contributed by atoms with Crippen molar-refractivity contribution in [3.05, 3.63) is 94.8 Å². The van der Waals surface area contributed by atoms with E-state index in [2.05, 4.69) is 24.3 Å². The third-order valence-corrected chi connectivity index (χ3v) is 7.96. The van der Waals surface area contributed by atoms with Crippen LogP contribution in [0.4, 0.5) is 4.39 Å². The maximum atomic E-state index is 15.1. The summed E-state index contributed by atoms with van der Waals surface area (Å²) < 4.78 is 26.1. The average Bonchev–Trinajstić information content (AvgIpc) is 2.95. The molecule has 3 aromatic carbocycles. The number of carbonyl (C=O) groups excluding carboxylic acids is 2. The zero-order chi connectivity index (χ0) is 26.8. The van der Waals surface area contributed by atoms with Crippen LogP contribution in [0.2, 0.25) is 0 Å². The van der Waals surface area contributed by atoms with E-state index < -0.39 is 17.8 Å². The van der Waals surface area contributed by atoms with E-state index in [-0.39, 0.29) is 11.8 Å². The van der Waals surface area contributed by atoms with Gasteiger partial charge in [-0.3, -0.25) is 9.59 Å². The Bertz CT molecular complexity index is 1320. The largest absolute Gasteiger partial charge is 0.493 e. The molecule has 2 amide bonds. The number of piperidine rings is 1. The van der Waals surface area contributed by atoms with Gasteiger partial charge < -0.3 is 19.3 Å². The van der Waals surface area contributed by atoms with Crippen LogP contribution in [-0.2, 0) is 11.2 Å². The van der Waals surface area contributed by atoms with Crippen LogP contribution in [0.5, 0.6) is 11.5 Å². The van der Waals surface area contributed by atoms with Crippen molar-refractivity contribution < 1.29 is 23.5 Å². The quantitative estimate of drug-likeness (QED) is 0.450. The first-order valence-corrected chi connectivity index (χ1v) is 13.0. The summed E-state index contributed by atoms with van der Waals surface area (Å²) in [6.45, 7) is 1.24. The molecule has 2 aliphatic rings. The molecule has 198 valence electrons. The lowest BCUT2D eigenvalue weighted by atomic mass is 9.78. The zero-order valence-electron chi connectivity index (χ0n) is 22.0. The molecule has 3 aromatic rings. The topological polar surface area (TPSA) is 59.1 Å². The van der Waals surface area contributed by atoms with Gasteiger partial charge >= 0.3 is 0 Å². The fourth-order valence-electron chi connectivity index (χ4n) is 5.92. The second-order valence-electron chi connectivity index (χ2n) is 10.1. The van der Waals surface area contributed by atoms with Crippen molar-refractivity contribution in [3.63, 3.8) is 0 Å². The van der Waals surface area contributed by atoms with Crippen LogP contribution in [0.15, 0.2) is 66.7 Å². The van der Waals surface area contributed by atoms with Gasteiger partial charge in [0.2, 0.25) is 5.91 Å². The van der Waals surface area contributed by atoms with Gasteiger partial charge in [0, 0.05) is 31.3 Å². The predicted molar refractivity (Wildman–Crippen MR) is 143 cm³/mol. The summed E-state index contributed by atoms with van der Waals surface area (Å²) in [6, 6.07) is 19.3. The van der Waals surface area contributed by atoms with E-state index in [0.29, 0.717) is 47.2 Å². The highest BCUT2D eigenvalue weighted by Crippen LogP contribution is 2.47. The molecule has 0 saturated carbocycles. The van der Waals surface area contributed by atoms with Crippen LogP contribution >= 0.6 is 0 Å². The van der Waals surface area contributed by atoms with Gasteiger partial charge in [-0.25, -0.2) is 4.39 Å². The molecule has 0 aromatic heterocycles. The number of amides is 2. The Kier molecular flexibility index (Phi) is 7.36. The predicted octanol–water partition coefficient (Wildman–Crippen LogP) is 5.23. The van der Waals surface area contributed by atoms with Gasteiger partial charge in [0.25, 0.3) is 5.91 Å². The number of nitrogens with zero attached hydrogens (tertiary/aromatic N) is 2. The molecule has 1 fully saturated rings. The lowest BCUT2D eigenvalue weighted by molar-refractivity contribution is -0.136. The molecule has 5 rings (SSSR count). The number of methoxy groups -OCH3 is 2. The summed E-state index contributed by atoms with van der Waals surface area (Å²) in [5, 5.41) is 0. The fraction of sp³-hybridized carbons (Fsp3) is 0.355. The first kappa shape index (κ1) is 25.8. The van der Waals surface area contributed by atoms with Crippen LogP contribution < -0.4 is 9.47 Å². The van der Waals surface area contributed by atoms with E-state index >= 15 is 4.39 Å². The van der Waals surface area contributed by atoms with E-state index in [1.54, 1.807) is 37.4 Å². The summed E-state index contributed by atoms with van der Waals surface area (Å²) in [4.78, 5) is 31.2. The van der Waals surface area contributed by atoms with E-state index in [4.69, 9.17) is 9.47 Å². The normalized spacial score (nSPS) is 19.7. The van der Waals surface area contributed by atoms with Crippen LogP contribution in [0.3, 0.4) is 0 Å². The average molecular weight is 517 g/mol. The number of fused-ring (bicyclic) bond motifs is 1. The molecule has 0 aliphatic carbocycles. The van der Waals surface area contributed by atoms with Gasteiger partial charge in [-0.15, -0.1) is 0 Å². The third kappa shape index (κ3) is 4.73. The number of likely N-dealkylation sites (N-methyl/N-ethyl adjacent to an activating group) is 1. The molecular formula is C31H33FN2O4. The van der Waals surface area contributed by atoms with E-state index in [1.165, 1.54) is 30.7 Å². The number of hydrogen-bond acceptors (Lipinski definition) is 4. The molecular weight excluding hydrogens is 483 g/mol. The first-order chi connectivity index (χ1) is 18.4. The lowest BCUT2D eigenvalue weighted by Gasteiger charge is -2.43. The van der Waals surface area contributed by atoms with Gasteiger partial charge in [0.15, 0.2) is 11.5 Å². The van der Waals surface area contributed by atoms with E-state index in [9.17, 15) is 9.59 Å². The smallest absolute Gasteiger partial charge is 0.254 e. The maximum Gasteiger partial charge on any atom is 0.254 e. The number of benzene rings is 3. The van der Waals surface area contributed by atoms with Crippen LogP contribution in [0.1, 0.15) is 51.8 Å². The van der Waals surface area contributed by atoms with Gasteiger partial charge in [0.05, 0.1) is 26.2 Å². The van der Waals surface area contributed by atoms with Crippen LogP contribution in [0.25, 0.3) is 0 Å². The minimum Gasteiger partial charge on any atom is -0.493 e. The Morgan fingerprint density at radius 1 is 0.921 bits per heavy atom. The van der Waals surface area contributed by atoms with Crippen molar-refractivity contribution in [1.82, 2.24) is 9.80 Å². The number of halogens is 1. The number of ether oxygens (including phenoxy) is 2. The van der Waals surface area contributed by atoms with Crippen molar-refractivity contribution in [2.45, 2.75) is 31.2 Å². The summed E-state index contributed by atoms with van der Waals surface area (Å²) in [6.07, 6.45) is 2.78. The van der Waals surface area contributed by atoms with E-state index in [0.717, 1.165) is 19.3 Å². The van der Waals surface area contributed by atoms with Crippen molar-refractivity contribution in [2.24, 2.45) is 5.92 Å². The molecule has 0 radical (unpaired) electrons. The Morgan fingerprint density at radius 2 is 1.55 bits per heavy atom. The molecule has 0 spiro atoms. The molecule has 38 heavy (non-hydrogen) atoms. The first-order valence-electron chi connectivity index (χ1n) is 13.0. The Hall–Kier alpha value is -3.87. The summed E-state index contributed by atoms with van der Waals surface area (Å²) >= 11 is 0. The number of rotatable bonds is 6. The SMILES string of the molecule is COc1cc2c(cc1OC)[C@@H](C(=O)N1CCC(Cc3ccccc3)CC1)[C@@H](c1ccccc1F)N(C)C2=O. The molecule has 2 heterocycles. The van der Waals surface area contributed by atoms with Gasteiger partial charge in [-0.2, -0.15) is 0 Å². The van der Waals surface area contributed by atoms with Crippen molar-refractivity contribution >= 4 is 11.8 Å². The second-order valence-corrected chi connectivity index (χ2v) is 10.1. The minimum absolute atomic E-state index is 0.107. The second kappa shape index (κ2) is 10.9. The van der Waals surface area contributed by atoms with Crippen molar-refractivity contribution in [2.75, 3.05) is 34.4 Å². The number of likely N-dealkylation sites (tertiary alicyclic amines) is 1. The highest BCUT2D eigenvalue weighted by Gasteiger charge is 2.46.